The lowest BCUT2D eigenvalue weighted by atomic mass is 9.99. The van der Waals surface area contributed by atoms with Crippen LogP contribution in [-0.4, -0.2) is 142 Å². The van der Waals surface area contributed by atoms with Crippen molar-refractivity contribution >= 4 is 72.1 Å². The minimum atomic E-state index is -4.00. The number of benzene rings is 5. The van der Waals surface area contributed by atoms with E-state index in [0.29, 0.717) is 65.4 Å². The molecule has 2 aromatic heterocycles. The Morgan fingerprint density at radius 3 is 2.12 bits per heavy atom. The Labute approximate surface area is 524 Å². The van der Waals surface area contributed by atoms with Crippen LogP contribution in [0.25, 0.3) is 10.9 Å². The molecule has 1 unspecified atom stereocenters. The highest BCUT2D eigenvalue weighted by atomic mass is 32.2. The first-order valence-electron chi connectivity index (χ1n) is 29.9. The molecule has 0 radical (unpaired) electrons. The number of aliphatic hydroxyl groups is 1. The molecular weight excluding hydrogens is 1190 g/mol. The molecule has 7 N–H and O–H groups in total. The first-order chi connectivity index (χ1) is 42.7. The van der Waals surface area contributed by atoms with E-state index in [-0.39, 0.29) is 96.1 Å². The fraction of sp³-hybridized carbons (Fsp3) is 0.385. The molecule has 9 rings (SSSR count). The van der Waals surface area contributed by atoms with Crippen molar-refractivity contribution in [3.63, 3.8) is 0 Å². The van der Waals surface area contributed by atoms with Crippen LogP contribution < -0.4 is 26.6 Å². The standard InChI is InChI=1S/C55H69N9O9S2.C10H9NO2S/c1-37(2)33-63(75(72,73)44-16-8-4-9-17-44)35-48(66)47(31-39-23-27-43(65)28-24-39)64-34-42(61-62-64)32-57-54(70)45(30-38-21-25-41(26-22-38)53(69)40-14-6-3-7-15-40)58-51(68)20-10-5-13-29-56-50(67)19-12-11-18-49-52-46(36-74-49)59-55(71)60-52;1-14(12,13)9-6-2-4-8-5-3-7-11-10(8)9/h3-4,6-9,14-17,21-28,34,37,45-49,52,65-66H,5,10-13,18-20,29-33,35-36H2,1-2H3,(H,56,67)(H,57,70)(H,58,68)(H2,59,60,71);2-7H,1H3/t45-,46-,47-,48?,49-,52-;/m0./s1. The number of amides is 5. The third-order valence-electron chi connectivity index (χ3n) is 15.3. The average Bonchev–Trinajstić information content (AvgIpc) is 2.80. The van der Waals surface area contributed by atoms with Crippen molar-refractivity contribution in [2.75, 3.05) is 31.6 Å². The Kier molecular flexibility index (Phi) is 24.0. The van der Waals surface area contributed by atoms with Crippen molar-refractivity contribution in [1.29, 1.82) is 0 Å². The number of nitrogens with one attached hydrogen (secondary N) is 5. The van der Waals surface area contributed by atoms with Crippen LogP contribution in [-0.2, 0) is 53.6 Å². The van der Waals surface area contributed by atoms with E-state index in [1.165, 1.54) is 39.5 Å². The molecule has 5 aromatic carbocycles. The Hall–Kier alpha value is -8.03. The maximum absolute atomic E-state index is 14.0. The molecule has 0 bridgehead atoms. The van der Waals surface area contributed by atoms with E-state index in [0.717, 1.165) is 36.0 Å². The molecule has 0 spiro atoms. The van der Waals surface area contributed by atoms with E-state index >= 15 is 0 Å². The van der Waals surface area contributed by atoms with Gasteiger partial charge in [-0.25, -0.2) is 26.3 Å². The first kappa shape index (κ1) is 66.9. The van der Waals surface area contributed by atoms with Crippen LogP contribution in [0.4, 0.5) is 4.79 Å². The highest BCUT2D eigenvalue weighted by molar-refractivity contribution is 8.00. The van der Waals surface area contributed by atoms with Crippen LogP contribution in [0.1, 0.15) is 104 Å². The van der Waals surface area contributed by atoms with Gasteiger partial charge in [0.2, 0.25) is 27.7 Å². The van der Waals surface area contributed by atoms with Crippen LogP contribution in [0.15, 0.2) is 162 Å². The number of aromatic hydroxyl groups is 1. The number of para-hydroxylation sites is 1. The molecular formula is C65H78N10O11S3. The number of pyridine rings is 1. The number of hydrogen-bond donors (Lipinski definition) is 7. The minimum absolute atomic E-state index is 0.0125. The van der Waals surface area contributed by atoms with E-state index in [2.05, 4.69) is 41.9 Å². The number of phenols is 1. The molecule has 0 aliphatic carbocycles. The number of hydrogen-bond acceptors (Lipinski definition) is 15. The van der Waals surface area contributed by atoms with Crippen molar-refractivity contribution in [2.24, 2.45) is 5.92 Å². The molecule has 89 heavy (non-hydrogen) atoms. The molecule has 7 aromatic rings. The zero-order valence-electron chi connectivity index (χ0n) is 50.1. The fourth-order valence-electron chi connectivity index (χ4n) is 10.7. The highest BCUT2D eigenvalue weighted by Crippen LogP contribution is 2.33. The summed E-state index contributed by atoms with van der Waals surface area (Å²) in [6.45, 7) is 4.07. The second kappa shape index (κ2) is 31.9. The number of ketones is 1. The molecule has 0 saturated carbocycles. The van der Waals surface area contributed by atoms with Crippen molar-refractivity contribution < 1.29 is 51.0 Å². The third kappa shape index (κ3) is 19.5. The zero-order valence-corrected chi connectivity index (χ0v) is 52.6. The van der Waals surface area contributed by atoms with Gasteiger partial charge in [-0.3, -0.25) is 24.2 Å². The second-order valence-electron chi connectivity index (χ2n) is 22.8. The number of aliphatic hydroxyl groups excluding tert-OH is 1. The second-order valence-corrected chi connectivity index (χ2v) is 28.0. The smallest absolute Gasteiger partial charge is 0.315 e. The summed E-state index contributed by atoms with van der Waals surface area (Å²) in [6, 6.07) is 37.5. The minimum Gasteiger partial charge on any atom is -0.508 e. The number of unbranched alkanes of at least 4 members (excludes halogenated alkanes) is 3. The number of nitrogens with zero attached hydrogens (tertiary/aromatic N) is 5. The fourth-order valence-corrected chi connectivity index (χ4v) is 14.7. The molecule has 2 aliphatic heterocycles. The van der Waals surface area contributed by atoms with E-state index < -0.39 is 44.0 Å². The summed E-state index contributed by atoms with van der Waals surface area (Å²) in [5, 5.41) is 46.4. The molecule has 2 fully saturated rings. The number of sulfone groups is 1. The molecule has 21 nitrogen and oxygen atoms in total. The Morgan fingerprint density at radius 2 is 1.40 bits per heavy atom. The van der Waals surface area contributed by atoms with Gasteiger partial charge in [0.1, 0.15) is 17.5 Å². The number of sulfonamides is 1. The lowest BCUT2D eigenvalue weighted by Gasteiger charge is -2.30. The molecule has 2 saturated heterocycles. The Morgan fingerprint density at radius 1 is 0.742 bits per heavy atom. The Bertz CT molecular complexity index is 3720. The van der Waals surface area contributed by atoms with Gasteiger partial charge < -0.3 is 36.8 Å². The van der Waals surface area contributed by atoms with Crippen molar-refractivity contribution in [1.82, 2.24) is 50.9 Å². The predicted molar refractivity (Wildman–Crippen MR) is 341 cm³/mol. The SMILES string of the molecule is CC(C)CN(CC(O)[C@H](Cc1ccc(O)cc1)n1cc(CNC(=O)[C@H](Cc2ccc(C(=O)c3ccccc3)cc2)NC(=O)CCCCCNC(=O)CCCC[C@@H]2SC[C@@H]3NC(=O)N[C@@H]32)nn1)S(=O)(=O)c1ccccc1.CS(=O)(=O)c1cccc2cccnc12. The van der Waals surface area contributed by atoms with E-state index in [4.69, 9.17) is 0 Å². The molecule has 6 atom stereocenters. The number of phenolic OH excluding ortho intramolecular Hbond substituents is 1. The zero-order chi connectivity index (χ0) is 63.5. The van der Waals surface area contributed by atoms with Crippen LogP contribution in [0.2, 0.25) is 0 Å². The van der Waals surface area contributed by atoms with E-state index in [9.17, 15) is 51.0 Å². The number of aromatic nitrogens is 4. The lowest BCUT2D eigenvalue weighted by Crippen LogP contribution is -2.47. The highest BCUT2D eigenvalue weighted by Gasteiger charge is 2.42. The molecule has 2 aliphatic rings. The number of fused-ring (bicyclic) bond motifs is 2. The van der Waals surface area contributed by atoms with Gasteiger partial charge in [0, 0.05) is 78.9 Å². The first-order valence-corrected chi connectivity index (χ1v) is 34.3. The van der Waals surface area contributed by atoms with Crippen LogP contribution in [0, 0.1) is 5.92 Å². The summed E-state index contributed by atoms with van der Waals surface area (Å²) < 4.78 is 53.3. The monoisotopic (exact) mass is 1270 g/mol. The molecule has 24 heteroatoms. The van der Waals surface area contributed by atoms with Gasteiger partial charge in [0.25, 0.3) is 0 Å². The largest absolute Gasteiger partial charge is 0.508 e. The van der Waals surface area contributed by atoms with E-state index in [1.54, 1.807) is 109 Å². The molecule has 472 valence electrons. The number of urea groups is 1. The maximum atomic E-state index is 14.0. The summed E-state index contributed by atoms with van der Waals surface area (Å²) >= 11 is 1.86. The summed E-state index contributed by atoms with van der Waals surface area (Å²) in [6.07, 6.45) is 8.48. The summed E-state index contributed by atoms with van der Waals surface area (Å²) in [5.74, 6) is -0.0696. The summed E-state index contributed by atoms with van der Waals surface area (Å²) in [4.78, 5) is 69.2. The van der Waals surface area contributed by atoms with Crippen LogP contribution in [0.5, 0.6) is 5.75 Å². The maximum Gasteiger partial charge on any atom is 0.315 e. The number of rotatable bonds is 30. The summed E-state index contributed by atoms with van der Waals surface area (Å²) in [7, 11) is -7.19. The van der Waals surface area contributed by atoms with Crippen LogP contribution >= 0.6 is 11.8 Å². The van der Waals surface area contributed by atoms with Gasteiger partial charge in [-0.1, -0.05) is 135 Å². The van der Waals surface area contributed by atoms with Gasteiger partial charge in [-0.2, -0.15) is 16.1 Å². The number of thioether (sulfide) groups is 1. The average molecular weight is 1270 g/mol. The van der Waals surface area contributed by atoms with Gasteiger partial charge in [0.15, 0.2) is 15.6 Å². The molecule has 4 heterocycles. The quantitative estimate of drug-likeness (QED) is 0.0134. The Balaban J connectivity index is 0.000000638. The number of carbonyl (C=O) groups is 5. The van der Waals surface area contributed by atoms with Crippen LogP contribution in [0.3, 0.4) is 0 Å². The van der Waals surface area contributed by atoms with Gasteiger partial charge in [-0.05, 0) is 85.5 Å². The van der Waals surface area contributed by atoms with Gasteiger partial charge >= 0.3 is 6.03 Å². The van der Waals surface area contributed by atoms with Crippen molar-refractivity contribution in [2.45, 2.75) is 130 Å². The lowest BCUT2D eigenvalue weighted by molar-refractivity contribution is -0.129. The van der Waals surface area contributed by atoms with E-state index in [1.807, 2.05) is 43.8 Å². The van der Waals surface area contributed by atoms with Gasteiger partial charge in [-0.15, -0.1) is 5.10 Å². The van der Waals surface area contributed by atoms with Crippen molar-refractivity contribution in [3.05, 3.63) is 180 Å². The summed E-state index contributed by atoms with van der Waals surface area (Å²) in [5.41, 5.74) is 3.34. The third-order valence-corrected chi connectivity index (χ3v) is 19.8. The van der Waals surface area contributed by atoms with Gasteiger partial charge in [0.05, 0.1) is 52.3 Å². The van der Waals surface area contributed by atoms with Crippen molar-refractivity contribution in [3.8, 4) is 5.75 Å². The normalized spacial score (nSPS) is 16.5. The topological polar surface area (TPSA) is 301 Å². The molecule has 5 amide bonds. The predicted octanol–water partition coefficient (Wildman–Crippen LogP) is 7.09. The number of carbonyl (C=O) groups excluding carboxylic acids is 5.